The van der Waals surface area contributed by atoms with Crippen molar-refractivity contribution in [2.24, 2.45) is 0 Å². The van der Waals surface area contributed by atoms with Gasteiger partial charge in [0.2, 0.25) is 5.91 Å². The van der Waals surface area contributed by atoms with E-state index in [1.165, 1.54) is 48.5 Å². The second kappa shape index (κ2) is 14.3. The second-order valence-corrected chi connectivity index (χ2v) is 13.7. The molecule has 1 aliphatic carbocycles. The van der Waals surface area contributed by atoms with Crippen molar-refractivity contribution in [1.29, 1.82) is 0 Å². The molecule has 1 unspecified atom stereocenters. The number of halogens is 1. The Labute approximate surface area is 260 Å². The number of anilines is 2. The third kappa shape index (κ3) is 7.90. The Morgan fingerprint density at radius 2 is 1.51 bits per heavy atom. The lowest BCUT2D eigenvalue weighted by atomic mass is 9.95. The highest BCUT2D eigenvalue weighted by molar-refractivity contribution is 7.98. The maximum Gasteiger partial charge on any atom is 0.255 e. The van der Waals surface area contributed by atoms with Crippen molar-refractivity contribution in [3.63, 3.8) is 0 Å². The van der Waals surface area contributed by atoms with Gasteiger partial charge in [-0.15, -0.1) is 11.8 Å². The van der Waals surface area contributed by atoms with Gasteiger partial charge in [-0.2, -0.15) is 0 Å². The smallest absolute Gasteiger partial charge is 0.255 e. The molecular formula is C31H34ClN3O6S2. The molecule has 3 aromatic rings. The van der Waals surface area contributed by atoms with Crippen molar-refractivity contribution in [3.8, 4) is 5.75 Å². The molecule has 1 saturated carbocycles. The first kappa shape index (κ1) is 32.4. The molecular weight excluding hydrogens is 610 g/mol. The molecule has 0 aromatic heterocycles. The van der Waals surface area contributed by atoms with Crippen molar-refractivity contribution in [2.45, 2.75) is 66.5 Å². The zero-order valence-electron chi connectivity index (χ0n) is 23.9. The van der Waals surface area contributed by atoms with Crippen molar-refractivity contribution in [1.82, 2.24) is 5.32 Å². The molecule has 3 amide bonds. The van der Waals surface area contributed by atoms with Crippen LogP contribution in [0.1, 0.15) is 66.2 Å². The molecule has 1 atom stereocenters. The van der Waals surface area contributed by atoms with Crippen LogP contribution in [-0.4, -0.2) is 48.8 Å². The molecule has 228 valence electrons. The summed E-state index contributed by atoms with van der Waals surface area (Å²) < 4.78 is 26.4. The van der Waals surface area contributed by atoms with Crippen molar-refractivity contribution >= 4 is 62.3 Å². The van der Waals surface area contributed by atoms with Gasteiger partial charge < -0.3 is 21.1 Å². The molecule has 12 heteroatoms. The van der Waals surface area contributed by atoms with Crippen molar-refractivity contribution in [2.75, 3.05) is 16.9 Å². The minimum atomic E-state index is -4.00. The second-order valence-electron chi connectivity index (χ2n) is 10.3. The zero-order chi connectivity index (χ0) is 31.1. The van der Waals surface area contributed by atoms with Crippen LogP contribution in [0.25, 0.3) is 0 Å². The standard InChI is InChI=1S/C31H34ClN3O6S2/c1-3-28(43(40,41)23-15-13-22(42-2)14-16-23)31(39)34-25-18-27(36)26(17-24(25)32)35-30(38)20-11-9-19(10-12-20)29(37)33-21-7-5-4-6-8-21/h9-18,21,28,36H,3-8H2,1-2H3,(H,33,37)(H,34,39)(H,35,38). The Balaban J connectivity index is 1.42. The van der Waals surface area contributed by atoms with Crippen molar-refractivity contribution in [3.05, 3.63) is 76.8 Å². The summed E-state index contributed by atoms with van der Waals surface area (Å²) in [5.74, 6) is -1.93. The van der Waals surface area contributed by atoms with Crippen LogP contribution in [0.3, 0.4) is 0 Å². The average molecular weight is 644 g/mol. The summed E-state index contributed by atoms with van der Waals surface area (Å²) in [5, 5.41) is 17.3. The summed E-state index contributed by atoms with van der Waals surface area (Å²) in [6.07, 6.45) is 7.20. The zero-order valence-corrected chi connectivity index (χ0v) is 26.2. The Morgan fingerprint density at radius 1 is 0.907 bits per heavy atom. The van der Waals surface area contributed by atoms with Gasteiger partial charge in [0.15, 0.2) is 9.84 Å². The quantitative estimate of drug-likeness (QED) is 0.151. The van der Waals surface area contributed by atoms with E-state index in [-0.39, 0.29) is 51.0 Å². The molecule has 3 aromatic carbocycles. The maximum atomic E-state index is 13.2. The predicted molar refractivity (Wildman–Crippen MR) is 170 cm³/mol. The molecule has 43 heavy (non-hydrogen) atoms. The van der Waals surface area contributed by atoms with Crippen LogP contribution in [0.15, 0.2) is 70.5 Å². The monoisotopic (exact) mass is 643 g/mol. The minimum absolute atomic E-state index is 0.0111. The Kier molecular flexibility index (Phi) is 10.8. The van der Waals surface area contributed by atoms with Gasteiger partial charge >= 0.3 is 0 Å². The van der Waals surface area contributed by atoms with Crippen LogP contribution in [0.2, 0.25) is 5.02 Å². The predicted octanol–water partition coefficient (Wildman–Crippen LogP) is 6.27. The summed E-state index contributed by atoms with van der Waals surface area (Å²) in [7, 11) is -4.00. The number of nitrogens with one attached hydrogen (secondary N) is 3. The van der Waals surface area contributed by atoms with Crippen LogP contribution in [0.4, 0.5) is 11.4 Å². The first-order chi connectivity index (χ1) is 20.5. The largest absolute Gasteiger partial charge is 0.506 e. The molecule has 0 bridgehead atoms. The highest BCUT2D eigenvalue weighted by Gasteiger charge is 2.33. The molecule has 1 fully saturated rings. The third-order valence-corrected chi connectivity index (χ3v) is 10.6. The number of benzene rings is 3. The van der Waals surface area contributed by atoms with Gasteiger partial charge in [0.25, 0.3) is 11.8 Å². The van der Waals surface area contributed by atoms with Gasteiger partial charge in [0, 0.05) is 28.1 Å². The first-order valence-electron chi connectivity index (χ1n) is 14.0. The first-order valence-corrected chi connectivity index (χ1v) is 17.1. The molecule has 4 rings (SSSR count). The van der Waals surface area contributed by atoms with Crippen molar-refractivity contribution < 1.29 is 27.9 Å². The van der Waals surface area contributed by atoms with Gasteiger partial charge in [0.1, 0.15) is 11.0 Å². The number of hydrogen-bond acceptors (Lipinski definition) is 7. The number of rotatable bonds is 10. The fourth-order valence-electron chi connectivity index (χ4n) is 4.93. The van der Waals surface area contributed by atoms with E-state index in [2.05, 4.69) is 16.0 Å². The molecule has 0 radical (unpaired) electrons. The van der Waals surface area contributed by atoms with E-state index in [4.69, 9.17) is 11.6 Å². The highest BCUT2D eigenvalue weighted by atomic mass is 35.5. The number of carbonyl (C=O) groups excluding carboxylic acids is 3. The van der Waals surface area contributed by atoms with E-state index >= 15 is 0 Å². The number of amides is 3. The van der Waals surface area contributed by atoms with Gasteiger partial charge in [-0.3, -0.25) is 14.4 Å². The van der Waals surface area contributed by atoms with Crippen LogP contribution < -0.4 is 16.0 Å². The van der Waals surface area contributed by atoms with E-state index < -0.39 is 26.9 Å². The number of hydrogen-bond donors (Lipinski definition) is 4. The topological polar surface area (TPSA) is 142 Å². The summed E-state index contributed by atoms with van der Waals surface area (Å²) in [6.45, 7) is 1.59. The molecule has 0 spiro atoms. The molecule has 0 heterocycles. The normalized spacial score (nSPS) is 14.5. The van der Waals surface area contributed by atoms with E-state index in [0.717, 1.165) is 36.6 Å². The third-order valence-electron chi connectivity index (χ3n) is 7.37. The maximum absolute atomic E-state index is 13.2. The fraction of sp³-hybridized carbons (Fsp3) is 0.323. The van der Waals surface area contributed by atoms with Crippen LogP contribution in [0.5, 0.6) is 5.75 Å². The van der Waals surface area contributed by atoms with E-state index in [1.807, 2.05) is 6.26 Å². The summed E-state index contributed by atoms with van der Waals surface area (Å²) in [6, 6.07) is 15.0. The summed E-state index contributed by atoms with van der Waals surface area (Å²) in [4.78, 5) is 39.4. The Bertz CT molecular complexity index is 1590. The lowest BCUT2D eigenvalue weighted by Crippen LogP contribution is -2.36. The highest BCUT2D eigenvalue weighted by Crippen LogP contribution is 2.35. The Hall–Kier alpha value is -3.54. The number of aromatic hydroxyl groups is 1. The fourth-order valence-corrected chi connectivity index (χ4v) is 7.17. The lowest BCUT2D eigenvalue weighted by molar-refractivity contribution is -0.115. The average Bonchev–Trinajstić information content (AvgIpc) is 3.00. The number of thioether (sulfide) groups is 1. The lowest BCUT2D eigenvalue weighted by Gasteiger charge is -2.22. The molecule has 9 nitrogen and oxygen atoms in total. The molecule has 0 aliphatic heterocycles. The summed E-state index contributed by atoms with van der Waals surface area (Å²) >= 11 is 7.82. The number of phenolic OH excluding ortho intramolecular Hbond substituents is 1. The SMILES string of the molecule is CCC(C(=O)Nc1cc(O)c(NC(=O)c2ccc(C(=O)NC3CCCCC3)cc2)cc1Cl)S(=O)(=O)c1ccc(SC)cc1. The van der Waals surface area contributed by atoms with Gasteiger partial charge in [0.05, 0.1) is 21.3 Å². The molecule has 1 aliphatic rings. The number of carbonyl (C=O) groups is 3. The molecule has 0 saturated heterocycles. The van der Waals surface area contributed by atoms with Gasteiger partial charge in [-0.1, -0.05) is 37.8 Å². The number of phenols is 1. The summed E-state index contributed by atoms with van der Waals surface area (Å²) in [5.41, 5.74) is 0.670. The minimum Gasteiger partial charge on any atom is -0.506 e. The van der Waals surface area contributed by atoms with E-state index in [0.29, 0.717) is 5.56 Å². The van der Waals surface area contributed by atoms with Gasteiger partial charge in [-0.05, 0) is 80.1 Å². The van der Waals surface area contributed by atoms with Crippen LogP contribution >= 0.6 is 23.4 Å². The Morgan fingerprint density at radius 3 is 2.09 bits per heavy atom. The molecule has 4 N–H and O–H groups in total. The number of sulfone groups is 1. The van der Waals surface area contributed by atoms with E-state index in [9.17, 15) is 27.9 Å². The van der Waals surface area contributed by atoms with E-state index in [1.54, 1.807) is 31.2 Å². The van der Waals surface area contributed by atoms with Crippen LogP contribution in [-0.2, 0) is 14.6 Å². The van der Waals surface area contributed by atoms with Gasteiger partial charge in [-0.25, -0.2) is 8.42 Å². The van der Waals surface area contributed by atoms with Crippen LogP contribution in [0, 0.1) is 0 Å².